The minimum atomic E-state index is -0.792. The molecule has 1 saturated heterocycles. The van der Waals surface area contributed by atoms with Gasteiger partial charge in [-0.15, -0.1) is 0 Å². The van der Waals surface area contributed by atoms with E-state index in [-0.39, 0.29) is 6.61 Å². The van der Waals surface area contributed by atoms with Crippen molar-refractivity contribution < 1.29 is 28.5 Å². The summed E-state index contributed by atoms with van der Waals surface area (Å²) in [4.78, 5) is 21.4. The third-order valence-electron chi connectivity index (χ3n) is 1.84. The summed E-state index contributed by atoms with van der Waals surface area (Å²) < 4.78 is 18.5. The number of methoxy groups -OCH3 is 1. The van der Waals surface area contributed by atoms with Crippen molar-refractivity contribution in [3.8, 4) is 0 Å². The third kappa shape index (κ3) is 2.51. The lowest BCUT2D eigenvalue weighted by Crippen LogP contribution is -2.32. The van der Waals surface area contributed by atoms with E-state index in [1.807, 2.05) is 0 Å². The van der Waals surface area contributed by atoms with Gasteiger partial charge in [-0.25, -0.2) is 9.59 Å². The van der Waals surface area contributed by atoms with Gasteiger partial charge in [0.25, 0.3) is 0 Å². The second kappa shape index (κ2) is 4.69. The monoisotopic (exact) mass is 204 g/mol. The van der Waals surface area contributed by atoms with E-state index in [9.17, 15) is 9.59 Å². The molecule has 0 aromatic rings. The number of rotatable bonds is 3. The van der Waals surface area contributed by atoms with E-state index in [0.29, 0.717) is 6.42 Å². The van der Waals surface area contributed by atoms with E-state index in [1.165, 1.54) is 7.11 Å². The molecule has 0 radical (unpaired) electrons. The summed E-state index contributed by atoms with van der Waals surface area (Å²) in [6, 6.07) is 0. The summed E-state index contributed by atoms with van der Waals surface area (Å²) in [7, 11) is 1.21. The van der Waals surface area contributed by atoms with Crippen LogP contribution in [0.4, 0.5) is 9.59 Å². The summed E-state index contributed by atoms with van der Waals surface area (Å²) >= 11 is 0. The van der Waals surface area contributed by atoms with Gasteiger partial charge in [0.1, 0.15) is 12.7 Å². The fourth-order valence-electron chi connectivity index (χ4n) is 1.12. The average molecular weight is 204 g/mol. The highest BCUT2D eigenvalue weighted by Gasteiger charge is 2.34. The third-order valence-corrected chi connectivity index (χ3v) is 1.84. The minimum Gasteiger partial charge on any atom is -0.438 e. The molecular weight excluding hydrogens is 192 g/mol. The Morgan fingerprint density at radius 1 is 1.71 bits per heavy atom. The first kappa shape index (κ1) is 10.6. The van der Waals surface area contributed by atoms with Crippen LogP contribution in [0.3, 0.4) is 0 Å². The predicted molar refractivity (Wildman–Crippen MR) is 43.8 cm³/mol. The zero-order valence-corrected chi connectivity index (χ0v) is 8.02. The molecule has 1 aliphatic rings. The fraction of sp³-hybridized carbons (Fsp3) is 0.750. The van der Waals surface area contributed by atoms with Gasteiger partial charge in [-0.1, -0.05) is 6.92 Å². The lowest BCUT2D eigenvalue weighted by atomic mass is 10.2. The Balaban J connectivity index is 2.45. The van der Waals surface area contributed by atoms with Crippen LogP contribution in [-0.2, 0) is 18.9 Å². The summed E-state index contributed by atoms with van der Waals surface area (Å²) in [5, 5.41) is 0. The van der Waals surface area contributed by atoms with Crippen LogP contribution >= 0.6 is 0 Å². The van der Waals surface area contributed by atoms with E-state index in [0.717, 1.165) is 0 Å². The molecule has 2 atom stereocenters. The molecule has 80 valence electrons. The standard InChI is InChI=1S/C8H12O6/c1-3-5(13-7(9)11-2)6-4-12-8(10)14-6/h5-6H,3-4H2,1-2H3. The maximum absolute atomic E-state index is 10.8. The van der Waals surface area contributed by atoms with E-state index >= 15 is 0 Å². The first-order valence-electron chi connectivity index (χ1n) is 4.25. The lowest BCUT2D eigenvalue weighted by molar-refractivity contribution is -0.0172. The normalized spacial score (nSPS) is 22.1. The molecule has 0 aromatic heterocycles. The SMILES string of the molecule is CCC(OC(=O)OC)C1COC(=O)O1. The molecule has 0 bridgehead atoms. The topological polar surface area (TPSA) is 71.1 Å². The van der Waals surface area contributed by atoms with Gasteiger partial charge in [0.15, 0.2) is 6.10 Å². The molecule has 6 heteroatoms. The number of ether oxygens (including phenoxy) is 4. The first-order chi connectivity index (χ1) is 6.67. The van der Waals surface area contributed by atoms with Gasteiger partial charge >= 0.3 is 12.3 Å². The predicted octanol–water partition coefficient (Wildman–Crippen LogP) is 1.08. The van der Waals surface area contributed by atoms with Crippen LogP contribution in [0, 0.1) is 0 Å². The summed E-state index contributed by atoms with van der Waals surface area (Å²) in [6.07, 6.45) is -2.06. The number of cyclic esters (lactones) is 2. The number of hydrogen-bond donors (Lipinski definition) is 0. The van der Waals surface area contributed by atoms with Gasteiger partial charge in [0, 0.05) is 0 Å². The summed E-state index contributed by atoms with van der Waals surface area (Å²) in [5.74, 6) is 0. The van der Waals surface area contributed by atoms with Crippen LogP contribution in [0.15, 0.2) is 0 Å². The minimum absolute atomic E-state index is 0.105. The van der Waals surface area contributed by atoms with Crippen molar-refractivity contribution in [2.45, 2.75) is 25.6 Å². The van der Waals surface area contributed by atoms with Crippen LogP contribution in [0.1, 0.15) is 13.3 Å². The summed E-state index contributed by atoms with van der Waals surface area (Å²) in [5.41, 5.74) is 0. The van der Waals surface area contributed by atoms with Gasteiger partial charge in [-0.2, -0.15) is 0 Å². The Labute approximate surface area is 81.1 Å². The van der Waals surface area contributed by atoms with Gasteiger partial charge in [-0.3, -0.25) is 0 Å². The number of hydrogen-bond acceptors (Lipinski definition) is 6. The van der Waals surface area contributed by atoms with E-state index in [2.05, 4.69) is 9.47 Å². The second-order valence-electron chi connectivity index (χ2n) is 2.74. The van der Waals surface area contributed by atoms with Crippen LogP contribution in [0.5, 0.6) is 0 Å². The van der Waals surface area contributed by atoms with Gasteiger partial charge in [0.05, 0.1) is 7.11 Å². The largest absolute Gasteiger partial charge is 0.508 e. The van der Waals surface area contributed by atoms with Crippen molar-refractivity contribution in [3.05, 3.63) is 0 Å². The van der Waals surface area contributed by atoms with Crippen LogP contribution < -0.4 is 0 Å². The van der Waals surface area contributed by atoms with Gasteiger partial charge in [0.2, 0.25) is 0 Å². The lowest BCUT2D eigenvalue weighted by Gasteiger charge is -2.18. The molecule has 14 heavy (non-hydrogen) atoms. The average Bonchev–Trinajstić information content (AvgIpc) is 2.60. The zero-order valence-electron chi connectivity index (χ0n) is 8.02. The maximum atomic E-state index is 10.8. The molecule has 0 amide bonds. The Hall–Kier alpha value is -1.46. The maximum Gasteiger partial charge on any atom is 0.508 e. The quantitative estimate of drug-likeness (QED) is 0.640. The van der Waals surface area contributed by atoms with Crippen LogP contribution in [0.25, 0.3) is 0 Å². The Kier molecular flexibility index (Phi) is 3.55. The smallest absolute Gasteiger partial charge is 0.438 e. The molecular formula is C8H12O6. The molecule has 0 aliphatic carbocycles. The zero-order chi connectivity index (χ0) is 10.6. The van der Waals surface area contributed by atoms with Crippen LogP contribution in [-0.4, -0.2) is 38.2 Å². The summed E-state index contributed by atoms with van der Waals surface area (Å²) in [6.45, 7) is 1.91. The highest BCUT2D eigenvalue weighted by molar-refractivity contribution is 5.62. The van der Waals surface area contributed by atoms with Crippen molar-refractivity contribution in [2.75, 3.05) is 13.7 Å². The Morgan fingerprint density at radius 3 is 2.86 bits per heavy atom. The molecule has 6 nitrogen and oxygen atoms in total. The molecule has 0 spiro atoms. The molecule has 0 saturated carbocycles. The van der Waals surface area contributed by atoms with Crippen molar-refractivity contribution in [1.82, 2.24) is 0 Å². The molecule has 1 fully saturated rings. The van der Waals surface area contributed by atoms with Crippen molar-refractivity contribution in [2.24, 2.45) is 0 Å². The van der Waals surface area contributed by atoms with Crippen molar-refractivity contribution in [3.63, 3.8) is 0 Å². The molecule has 1 heterocycles. The number of carbonyl (C=O) groups is 2. The first-order valence-corrected chi connectivity index (χ1v) is 4.25. The Bertz CT molecular complexity index is 226. The molecule has 1 aliphatic heterocycles. The molecule has 1 rings (SSSR count). The second-order valence-corrected chi connectivity index (χ2v) is 2.74. The fourth-order valence-corrected chi connectivity index (χ4v) is 1.12. The van der Waals surface area contributed by atoms with Gasteiger partial charge < -0.3 is 18.9 Å². The van der Waals surface area contributed by atoms with Crippen LogP contribution in [0.2, 0.25) is 0 Å². The van der Waals surface area contributed by atoms with E-state index in [1.54, 1.807) is 6.92 Å². The van der Waals surface area contributed by atoms with Crippen molar-refractivity contribution >= 4 is 12.3 Å². The molecule has 0 N–H and O–H groups in total. The number of carbonyl (C=O) groups excluding carboxylic acids is 2. The molecule has 2 unspecified atom stereocenters. The van der Waals surface area contributed by atoms with E-state index in [4.69, 9.17) is 9.47 Å². The molecule has 0 aromatic carbocycles. The highest BCUT2D eigenvalue weighted by Crippen LogP contribution is 2.15. The van der Waals surface area contributed by atoms with E-state index < -0.39 is 24.5 Å². The Morgan fingerprint density at radius 2 is 2.43 bits per heavy atom. The highest BCUT2D eigenvalue weighted by atomic mass is 16.8. The van der Waals surface area contributed by atoms with Crippen molar-refractivity contribution in [1.29, 1.82) is 0 Å². The van der Waals surface area contributed by atoms with Gasteiger partial charge in [-0.05, 0) is 6.42 Å².